The summed E-state index contributed by atoms with van der Waals surface area (Å²) in [6.07, 6.45) is 4.45. The van der Waals surface area contributed by atoms with Gasteiger partial charge in [0, 0.05) is 18.9 Å². The zero-order valence-electron chi connectivity index (χ0n) is 7.60. The van der Waals surface area contributed by atoms with Gasteiger partial charge in [-0.15, -0.1) is 0 Å². The van der Waals surface area contributed by atoms with Gasteiger partial charge in [-0.2, -0.15) is 0 Å². The van der Waals surface area contributed by atoms with E-state index >= 15 is 0 Å². The number of nitrogens with one attached hydrogen (secondary N) is 1. The average molecular weight is 171 g/mol. The lowest BCUT2D eigenvalue weighted by molar-refractivity contribution is -0.119. The summed E-state index contributed by atoms with van der Waals surface area (Å²) in [6, 6.07) is 0. The first kappa shape index (κ1) is 9.52. The second-order valence-electron chi connectivity index (χ2n) is 3.77. The molecule has 0 heterocycles. The van der Waals surface area contributed by atoms with Gasteiger partial charge >= 0.3 is 0 Å². The summed E-state index contributed by atoms with van der Waals surface area (Å²) in [5, 5.41) is 12.0. The average Bonchev–Trinajstić information content (AvgIpc) is 2.50. The molecule has 0 aliphatic heterocycles. The molecule has 1 aliphatic rings. The van der Waals surface area contributed by atoms with E-state index in [1.807, 2.05) is 0 Å². The number of hydrogen-bond acceptors (Lipinski definition) is 2. The van der Waals surface area contributed by atoms with E-state index in [-0.39, 0.29) is 17.9 Å². The molecule has 0 aromatic heterocycles. The Morgan fingerprint density at radius 3 is 2.50 bits per heavy atom. The molecule has 0 aromatic rings. The Labute approximate surface area is 73.2 Å². The number of carbonyl (C=O) groups is 1. The fourth-order valence-corrected chi connectivity index (χ4v) is 1.83. The third-order valence-corrected chi connectivity index (χ3v) is 2.71. The van der Waals surface area contributed by atoms with E-state index in [0.717, 1.165) is 12.8 Å². The Morgan fingerprint density at radius 2 is 2.08 bits per heavy atom. The minimum absolute atomic E-state index is 0.00488. The lowest BCUT2D eigenvalue weighted by Crippen LogP contribution is -2.37. The van der Waals surface area contributed by atoms with Gasteiger partial charge in [-0.1, -0.05) is 12.8 Å². The maximum atomic E-state index is 10.7. The van der Waals surface area contributed by atoms with Crippen molar-refractivity contribution in [3.05, 3.63) is 0 Å². The molecule has 2 N–H and O–H groups in total. The van der Waals surface area contributed by atoms with Crippen LogP contribution in [0.25, 0.3) is 0 Å². The monoisotopic (exact) mass is 171 g/mol. The largest absolute Gasteiger partial charge is 0.396 e. The molecule has 1 saturated carbocycles. The molecule has 0 saturated heterocycles. The first-order chi connectivity index (χ1) is 5.68. The summed E-state index contributed by atoms with van der Waals surface area (Å²) in [4.78, 5) is 10.7. The van der Waals surface area contributed by atoms with Crippen LogP contribution in [0.2, 0.25) is 0 Å². The van der Waals surface area contributed by atoms with Gasteiger partial charge in [-0.05, 0) is 12.8 Å². The number of aliphatic hydroxyl groups is 1. The van der Waals surface area contributed by atoms with Crippen molar-refractivity contribution < 1.29 is 9.90 Å². The minimum Gasteiger partial charge on any atom is -0.396 e. The van der Waals surface area contributed by atoms with E-state index in [4.69, 9.17) is 0 Å². The van der Waals surface area contributed by atoms with Crippen molar-refractivity contribution in [1.82, 2.24) is 5.32 Å². The van der Waals surface area contributed by atoms with Crippen molar-refractivity contribution in [3.8, 4) is 0 Å². The molecule has 0 bridgehead atoms. The predicted molar refractivity (Wildman–Crippen MR) is 46.7 cm³/mol. The van der Waals surface area contributed by atoms with Crippen LogP contribution in [0.3, 0.4) is 0 Å². The quantitative estimate of drug-likeness (QED) is 0.656. The molecule has 1 rings (SSSR count). The smallest absolute Gasteiger partial charge is 0.216 e. The lowest BCUT2D eigenvalue weighted by Gasteiger charge is -2.26. The van der Waals surface area contributed by atoms with Gasteiger partial charge in [-0.3, -0.25) is 4.79 Å². The van der Waals surface area contributed by atoms with Gasteiger partial charge in [0.1, 0.15) is 0 Å². The number of carbonyl (C=O) groups excluding carboxylic acids is 1. The molecule has 0 radical (unpaired) electrons. The van der Waals surface area contributed by atoms with E-state index < -0.39 is 0 Å². The Kier molecular flexibility index (Phi) is 3.09. The molecule has 0 aromatic carbocycles. The number of hydrogen-bond donors (Lipinski definition) is 2. The summed E-state index contributed by atoms with van der Waals surface area (Å²) in [6.45, 7) is 2.35. The van der Waals surface area contributed by atoms with E-state index in [9.17, 15) is 9.90 Å². The highest BCUT2D eigenvalue weighted by molar-refractivity contribution is 5.72. The molecule has 1 fully saturated rings. The number of rotatable bonds is 3. The summed E-state index contributed by atoms with van der Waals surface area (Å²) in [5.41, 5.74) is -0.00826. The van der Waals surface area contributed by atoms with Gasteiger partial charge < -0.3 is 10.4 Å². The summed E-state index contributed by atoms with van der Waals surface area (Å²) < 4.78 is 0. The van der Waals surface area contributed by atoms with E-state index in [0.29, 0.717) is 6.54 Å². The second kappa shape index (κ2) is 3.90. The highest BCUT2D eigenvalue weighted by atomic mass is 16.3. The zero-order valence-corrected chi connectivity index (χ0v) is 7.60. The molecule has 1 aliphatic carbocycles. The van der Waals surface area contributed by atoms with Crippen molar-refractivity contribution in [2.75, 3.05) is 13.2 Å². The zero-order chi connectivity index (χ0) is 9.03. The summed E-state index contributed by atoms with van der Waals surface area (Å²) in [5.74, 6) is -0.00488. The lowest BCUT2D eigenvalue weighted by atomic mass is 9.87. The van der Waals surface area contributed by atoms with Crippen LogP contribution in [-0.4, -0.2) is 24.2 Å². The third kappa shape index (κ3) is 2.21. The first-order valence-electron chi connectivity index (χ1n) is 4.54. The molecule has 3 nitrogen and oxygen atoms in total. The van der Waals surface area contributed by atoms with Crippen LogP contribution in [0, 0.1) is 5.41 Å². The molecule has 0 atom stereocenters. The van der Waals surface area contributed by atoms with Crippen molar-refractivity contribution in [2.45, 2.75) is 32.6 Å². The third-order valence-electron chi connectivity index (χ3n) is 2.71. The Bertz CT molecular complexity index is 162. The van der Waals surface area contributed by atoms with Gasteiger partial charge in [0.25, 0.3) is 0 Å². The topological polar surface area (TPSA) is 49.3 Å². The number of aliphatic hydroxyl groups excluding tert-OH is 1. The minimum atomic E-state index is -0.00826. The summed E-state index contributed by atoms with van der Waals surface area (Å²) >= 11 is 0. The van der Waals surface area contributed by atoms with Crippen LogP contribution >= 0.6 is 0 Å². The summed E-state index contributed by atoms with van der Waals surface area (Å²) in [7, 11) is 0. The molecule has 0 unspecified atom stereocenters. The molecule has 1 amide bonds. The first-order valence-corrected chi connectivity index (χ1v) is 4.54. The van der Waals surface area contributed by atoms with E-state index in [1.165, 1.54) is 19.8 Å². The van der Waals surface area contributed by atoms with Crippen LogP contribution in [0.4, 0.5) is 0 Å². The standard InChI is InChI=1S/C9H17NO2/c1-8(12)10-6-9(7-11)4-2-3-5-9/h11H,2-7H2,1H3,(H,10,12). The van der Waals surface area contributed by atoms with Crippen LogP contribution in [0.1, 0.15) is 32.6 Å². The Hall–Kier alpha value is -0.570. The highest BCUT2D eigenvalue weighted by Gasteiger charge is 2.32. The van der Waals surface area contributed by atoms with Gasteiger partial charge in [0.05, 0.1) is 6.61 Å². The van der Waals surface area contributed by atoms with E-state index in [1.54, 1.807) is 0 Å². The SMILES string of the molecule is CC(=O)NCC1(CO)CCCC1. The molecule has 12 heavy (non-hydrogen) atoms. The van der Waals surface area contributed by atoms with E-state index in [2.05, 4.69) is 5.32 Å². The molecular formula is C9H17NO2. The molecule has 0 spiro atoms. The van der Waals surface area contributed by atoms with Crippen molar-refractivity contribution >= 4 is 5.91 Å². The molecular weight excluding hydrogens is 154 g/mol. The highest BCUT2D eigenvalue weighted by Crippen LogP contribution is 2.36. The fourth-order valence-electron chi connectivity index (χ4n) is 1.83. The second-order valence-corrected chi connectivity index (χ2v) is 3.77. The van der Waals surface area contributed by atoms with Crippen LogP contribution in [0.15, 0.2) is 0 Å². The van der Waals surface area contributed by atoms with Crippen molar-refractivity contribution in [3.63, 3.8) is 0 Å². The predicted octanol–water partition coefficient (Wildman–Crippen LogP) is 0.675. The maximum Gasteiger partial charge on any atom is 0.216 e. The normalized spacial score (nSPS) is 20.8. The van der Waals surface area contributed by atoms with Gasteiger partial charge in [-0.25, -0.2) is 0 Å². The van der Waals surface area contributed by atoms with Crippen molar-refractivity contribution in [2.24, 2.45) is 5.41 Å². The fraction of sp³-hybridized carbons (Fsp3) is 0.889. The Balaban J connectivity index is 2.39. The van der Waals surface area contributed by atoms with Crippen LogP contribution in [0.5, 0.6) is 0 Å². The maximum absolute atomic E-state index is 10.7. The Morgan fingerprint density at radius 1 is 1.50 bits per heavy atom. The molecule has 70 valence electrons. The van der Waals surface area contributed by atoms with Crippen LogP contribution < -0.4 is 5.32 Å². The molecule has 3 heteroatoms. The van der Waals surface area contributed by atoms with Crippen LogP contribution in [-0.2, 0) is 4.79 Å². The number of amides is 1. The van der Waals surface area contributed by atoms with Gasteiger partial charge in [0.2, 0.25) is 5.91 Å². The van der Waals surface area contributed by atoms with Gasteiger partial charge in [0.15, 0.2) is 0 Å². The van der Waals surface area contributed by atoms with Crippen molar-refractivity contribution in [1.29, 1.82) is 0 Å².